The van der Waals surface area contributed by atoms with Crippen LogP contribution in [0.25, 0.3) is 0 Å². The summed E-state index contributed by atoms with van der Waals surface area (Å²) in [7, 11) is 0. The molecule has 1 aromatic rings. The topological polar surface area (TPSA) is 64.4 Å². The van der Waals surface area contributed by atoms with Crippen molar-refractivity contribution < 1.29 is 9.66 Å². The van der Waals surface area contributed by atoms with Crippen LogP contribution in [0, 0.1) is 10.1 Å². The molecule has 0 fully saturated rings. The van der Waals surface area contributed by atoms with Gasteiger partial charge in [-0.1, -0.05) is 6.07 Å². The number of nitro groups is 1. The summed E-state index contributed by atoms with van der Waals surface area (Å²) in [5.74, 6) is 0.327. The molecule has 0 spiro atoms. The third kappa shape index (κ3) is 5.26. The molecule has 0 amide bonds. The van der Waals surface area contributed by atoms with E-state index in [9.17, 15) is 10.1 Å². The Morgan fingerprint density at radius 2 is 2.00 bits per heavy atom. The van der Waals surface area contributed by atoms with Gasteiger partial charge in [0, 0.05) is 18.2 Å². The first kappa shape index (κ1) is 15.4. The van der Waals surface area contributed by atoms with Crippen LogP contribution >= 0.6 is 0 Å². The van der Waals surface area contributed by atoms with Crippen molar-refractivity contribution in [3.8, 4) is 5.75 Å². The summed E-state index contributed by atoms with van der Waals surface area (Å²) in [5.41, 5.74) is 0.977. The normalized spacial score (nSPS) is 11.7. The van der Waals surface area contributed by atoms with E-state index in [1.54, 1.807) is 12.1 Å². The third-order valence-corrected chi connectivity index (χ3v) is 2.41. The minimum absolute atomic E-state index is 0.000837. The number of hydrogen-bond acceptors (Lipinski definition) is 4. The van der Waals surface area contributed by atoms with Crippen molar-refractivity contribution >= 4 is 5.69 Å². The minimum atomic E-state index is -0.418. The molecule has 0 unspecified atom stereocenters. The van der Waals surface area contributed by atoms with Crippen LogP contribution in [-0.2, 0) is 6.54 Å². The maximum atomic E-state index is 10.9. The van der Waals surface area contributed by atoms with Gasteiger partial charge in [0.2, 0.25) is 0 Å². The van der Waals surface area contributed by atoms with Crippen LogP contribution < -0.4 is 10.1 Å². The molecule has 5 heteroatoms. The second-order valence-electron chi connectivity index (χ2n) is 5.83. The van der Waals surface area contributed by atoms with E-state index in [-0.39, 0.29) is 17.3 Å². The van der Waals surface area contributed by atoms with Crippen LogP contribution in [0.3, 0.4) is 0 Å². The number of hydrogen-bond donors (Lipinski definition) is 1. The average molecular weight is 266 g/mol. The average Bonchev–Trinajstić information content (AvgIpc) is 2.24. The molecule has 0 heterocycles. The maximum absolute atomic E-state index is 10.9. The van der Waals surface area contributed by atoms with Crippen LogP contribution in [0.1, 0.15) is 40.2 Å². The van der Waals surface area contributed by atoms with Gasteiger partial charge in [-0.15, -0.1) is 0 Å². The Morgan fingerprint density at radius 1 is 1.37 bits per heavy atom. The van der Waals surface area contributed by atoms with E-state index in [4.69, 9.17) is 4.74 Å². The van der Waals surface area contributed by atoms with Gasteiger partial charge in [0.05, 0.1) is 11.0 Å². The third-order valence-electron chi connectivity index (χ3n) is 2.41. The molecule has 0 aliphatic heterocycles. The van der Waals surface area contributed by atoms with E-state index < -0.39 is 4.92 Å². The predicted molar refractivity (Wildman–Crippen MR) is 75.5 cm³/mol. The molecule has 0 bridgehead atoms. The number of benzene rings is 1. The summed E-state index contributed by atoms with van der Waals surface area (Å²) in [6, 6.07) is 4.98. The molecule has 5 nitrogen and oxygen atoms in total. The molecule has 1 rings (SSSR count). The standard InChI is InChI=1S/C14H22N2O3/c1-10(2)19-13-8-11(9-15-14(3,4)5)6-7-12(13)16(17)18/h6-8,10,15H,9H2,1-5H3. The van der Waals surface area contributed by atoms with Crippen molar-refractivity contribution in [2.45, 2.75) is 52.8 Å². The highest BCUT2D eigenvalue weighted by molar-refractivity contribution is 5.48. The van der Waals surface area contributed by atoms with Gasteiger partial charge >= 0.3 is 5.69 Å². The summed E-state index contributed by atoms with van der Waals surface area (Å²) in [6.07, 6.45) is -0.0930. The second-order valence-corrected chi connectivity index (χ2v) is 5.83. The molecule has 0 saturated heterocycles. The predicted octanol–water partition coefficient (Wildman–Crippen LogP) is 3.27. The zero-order valence-corrected chi connectivity index (χ0v) is 12.2. The maximum Gasteiger partial charge on any atom is 0.310 e. The Bertz CT molecular complexity index is 450. The molecule has 106 valence electrons. The number of rotatable bonds is 5. The van der Waals surface area contributed by atoms with Gasteiger partial charge in [-0.3, -0.25) is 10.1 Å². The first-order valence-corrected chi connectivity index (χ1v) is 6.38. The lowest BCUT2D eigenvalue weighted by Crippen LogP contribution is -2.35. The van der Waals surface area contributed by atoms with Gasteiger partial charge in [-0.2, -0.15) is 0 Å². The van der Waals surface area contributed by atoms with Crippen LogP contribution in [0.5, 0.6) is 5.75 Å². The fourth-order valence-corrected chi connectivity index (χ4v) is 1.53. The fourth-order valence-electron chi connectivity index (χ4n) is 1.53. The first-order valence-electron chi connectivity index (χ1n) is 6.38. The van der Waals surface area contributed by atoms with Crippen molar-refractivity contribution in [3.63, 3.8) is 0 Å². The van der Waals surface area contributed by atoms with E-state index in [0.717, 1.165) is 5.56 Å². The fraction of sp³-hybridized carbons (Fsp3) is 0.571. The summed E-state index contributed by atoms with van der Waals surface area (Å²) in [6.45, 7) is 10.6. The number of nitrogens with zero attached hydrogens (tertiary/aromatic N) is 1. The number of nitrogens with one attached hydrogen (secondary N) is 1. The molecule has 0 aromatic heterocycles. The molecule has 0 saturated carbocycles. The number of ether oxygens (including phenoxy) is 1. The van der Waals surface area contributed by atoms with Crippen LogP contribution in [0.15, 0.2) is 18.2 Å². The van der Waals surface area contributed by atoms with Crippen molar-refractivity contribution in [1.82, 2.24) is 5.32 Å². The Balaban J connectivity index is 2.94. The van der Waals surface area contributed by atoms with Crippen LogP contribution in [0.2, 0.25) is 0 Å². The lowest BCUT2D eigenvalue weighted by atomic mass is 10.1. The highest BCUT2D eigenvalue weighted by atomic mass is 16.6. The number of nitro benzene ring substituents is 1. The lowest BCUT2D eigenvalue weighted by Gasteiger charge is -2.21. The van der Waals surface area contributed by atoms with Gasteiger partial charge in [-0.05, 0) is 46.2 Å². The zero-order valence-electron chi connectivity index (χ0n) is 12.2. The molecule has 0 aliphatic rings. The van der Waals surface area contributed by atoms with Gasteiger partial charge < -0.3 is 10.1 Å². The van der Waals surface area contributed by atoms with E-state index in [1.807, 2.05) is 13.8 Å². The quantitative estimate of drug-likeness (QED) is 0.656. The second kappa shape index (κ2) is 6.02. The van der Waals surface area contributed by atoms with Crippen LogP contribution in [-0.4, -0.2) is 16.6 Å². The Hall–Kier alpha value is -1.62. The summed E-state index contributed by atoms with van der Waals surface area (Å²) in [4.78, 5) is 10.5. The summed E-state index contributed by atoms with van der Waals surface area (Å²) < 4.78 is 5.51. The van der Waals surface area contributed by atoms with Gasteiger partial charge in [-0.25, -0.2) is 0 Å². The Morgan fingerprint density at radius 3 is 2.47 bits per heavy atom. The van der Waals surface area contributed by atoms with Crippen molar-refractivity contribution in [2.24, 2.45) is 0 Å². The molecule has 0 atom stereocenters. The van der Waals surface area contributed by atoms with E-state index in [2.05, 4.69) is 26.1 Å². The molecular formula is C14H22N2O3. The zero-order chi connectivity index (χ0) is 14.6. The van der Waals surface area contributed by atoms with Gasteiger partial charge in [0.15, 0.2) is 5.75 Å². The summed E-state index contributed by atoms with van der Waals surface area (Å²) in [5, 5.41) is 14.3. The van der Waals surface area contributed by atoms with Crippen molar-refractivity contribution in [3.05, 3.63) is 33.9 Å². The smallest absolute Gasteiger partial charge is 0.310 e. The van der Waals surface area contributed by atoms with Gasteiger partial charge in [0.1, 0.15) is 0 Å². The molecule has 0 radical (unpaired) electrons. The molecule has 19 heavy (non-hydrogen) atoms. The Labute approximate surface area is 114 Å². The van der Waals surface area contributed by atoms with Crippen molar-refractivity contribution in [2.75, 3.05) is 0 Å². The highest BCUT2D eigenvalue weighted by Crippen LogP contribution is 2.29. The van der Waals surface area contributed by atoms with E-state index in [1.165, 1.54) is 6.07 Å². The lowest BCUT2D eigenvalue weighted by molar-refractivity contribution is -0.386. The molecule has 1 aromatic carbocycles. The van der Waals surface area contributed by atoms with Gasteiger partial charge in [0.25, 0.3) is 0 Å². The molecule has 0 aliphatic carbocycles. The van der Waals surface area contributed by atoms with E-state index in [0.29, 0.717) is 12.3 Å². The first-order chi connectivity index (χ1) is 8.69. The highest BCUT2D eigenvalue weighted by Gasteiger charge is 2.17. The SMILES string of the molecule is CC(C)Oc1cc(CNC(C)(C)C)ccc1[N+](=O)[O-]. The monoisotopic (exact) mass is 266 g/mol. The van der Waals surface area contributed by atoms with Crippen LogP contribution in [0.4, 0.5) is 5.69 Å². The molecule has 1 N–H and O–H groups in total. The van der Waals surface area contributed by atoms with E-state index >= 15 is 0 Å². The molecular weight excluding hydrogens is 244 g/mol. The summed E-state index contributed by atoms with van der Waals surface area (Å²) >= 11 is 0. The largest absolute Gasteiger partial charge is 0.484 e. The minimum Gasteiger partial charge on any atom is -0.484 e. The Kier molecular flexibility index (Phi) is 4.89. The van der Waals surface area contributed by atoms with Crippen molar-refractivity contribution in [1.29, 1.82) is 0 Å².